The van der Waals surface area contributed by atoms with Crippen LogP contribution in [0.4, 0.5) is 5.82 Å². The summed E-state index contributed by atoms with van der Waals surface area (Å²) < 4.78 is 5.46. The smallest absolute Gasteiger partial charge is 0.252 e. The number of anilines is 1. The molecule has 0 bridgehead atoms. The number of rotatable bonds is 9. The standard InChI is InChI=1S/C15H22ClN3O2/c1-2-5-17-14-13(16)8-12(9-19-14)15(20)18-6-7-21-10-11-3-4-11/h8-9,11H,2-7,10H2,1H3,(H,17,19)(H,18,20). The molecular formula is C15H22ClN3O2. The van der Waals surface area contributed by atoms with Gasteiger partial charge in [0.25, 0.3) is 5.91 Å². The molecule has 1 aromatic rings. The minimum absolute atomic E-state index is 0.179. The summed E-state index contributed by atoms with van der Waals surface area (Å²) in [5.41, 5.74) is 0.462. The van der Waals surface area contributed by atoms with Crippen LogP contribution in [0.5, 0.6) is 0 Å². The summed E-state index contributed by atoms with van der Waals surface area (Å²) in [7, 11) is 0. The van der Waals surface area contributed by atoms with Crippen LogP contribution in [0.3, 0.4) is 0 Å². The molecule has 1 aliphatic rings. The van der Waals surface area contributed by atoms with Gasteiger partial charge in [0, 0.05) is 25.9 Å². The molecule has 1 amide bonds. The van der Waals surface area contributed by atoms with E-state index in [1.807, 2.05) is 0 Å². The van der Waals surface area contributed by atoms with Crippen molar-refractivity contribution in [3.05, 3.63) is 22.8 Å². The van der Waals surface area contributed by atoms with Gasteiger partial charge in [-0.25, -0.2) is 4.98 Å². The van der Waals surface area contributed by atoms with Crippen LogP contribution in [-0.2, 0) is 4.74 Å². The van der Waals surface area contributed by atoms with Crippen LogP contribution < -0.4 is 10.6 Å². The van der Waals surface area contributed by atoms with E-state index in [0.29, 0.717) is 29.6 Å². The normalized spacial score (nSPS) is 14.0. The van der Waals surface area contributed by atoms with Gasteiger partial charge < -0.3 is 15.4 Å². The van der Waals surface area contributed by atoms with Crippen molar-refractivity contribution in [2.75, 3.05) is 31.6 Å². The number of halogens is 1. The predicted octanol–water partition coefficient (Wildman–Crippen LogP) is 2.71. The predicted molar refractivity (Wildman–Crippen MR) is 83.9 cm³/mol. The fraction of sp³-hybridized carbons (Fsp3) is 0.600. The Labute approximate surface area is 130 Å². The fourth-order valence-electron chi connectivity index (χ4n) is 1.81. The molecule has 1 aromatic heterocycles. The highest BCUT2D eigenvalue weighted by atomic mass is 35.5. The summed E-state index contributed by atoms with van der Waals surface area (Å²) in [5, 5.41) is 6.37. The Kier molecular flexibility index (Phi) is 6.26. The van der Waals surface area contributed by atoms with Crippen molar-refractivity contribution < 1.29 is 9.53 Å². The zero-order valence-corrected chi connectivity index (χ0v) is 13.1. The van der Waals surface area contributed by atoms with E-state index in [-0.39, 0.29) is 5.91 Å². The molecule has 2 N–H and O–H groups in total. The number of nitrogens with one attached hydrogen (secondary N) is 2. The molecule has 0 spiro atoms. The Balaban J connectivity index is 1.74. The van der Waals surface area contributed by atoms with E-state index in [4.69, 9.17) is 16.3 Å². The molecule has 0 atom stereocenters. The number of carbonyl (C=O) groups excluding carboxylic acids is 1. The van der Waals surface area contributed by atoms with Crippen molar-refractivity contribution in [3.8, 4) is 0 Å². The van der Waals surface area contributed by atoms with Gasteiger partial charge >= 0.3 is 0 Å². The van der Waals surface area contributed by atoms with Crippen molar-refractivity contribution >= 4 is 23.3 Å². The second-order valence-electron chi connectivity index (χ2n) is 5.26. The summed E-state index contributed by atoms with van der Waals surface area (Å²) in [6.07, 6.45) is 5.06. The van der Waals surface area contributed by atoms with E-state index in [0.717, 1.165) is 25.5 Å². The van der Waals surface area contributed by atoms with Crippen LogP contribution in [0.2, 0.25) is 5.02 Å². The molecule has 0 unspecified atom stereocenters. The number of carbonyl (C=O) groups is 1. The molecule has 1 saturated carbocycles. The first-order valence-corrected chi connectivity index (χ1v) is 7.84. The first-order chi connectivity index (χ1) is 10.2. The average Bonchev–Trinajstić information content (AvgIpc) is 3.29. The number of hydrogen-bond donors (Lipinski definition) is 2. The number of amides is 1. The first-order valence-electron chi connectivity index (χ1n) is 7.46. The second-order valence-corrected chi connectivity index (χ2v) is 5.66. The maximum absolute atomic E-state index is 11.9. The molecule has 5 nitrogen and oxygen atoms in total. The quantitative estimate of drug-likeness (QED) is 0.688. The third kappa shape index (κ3) is 5.52. The van der Waals surface area contributed by atoms with Crippen LogP contribution >= 0.6 is 11.6 Å². The van der Waals surface area contributed by atoms with Gasteiger partial charge in [-0.3, -0.25) is 4.79 Å². The average molecular weight is 312 g/mol. The summed E-state index contributed by atoms with van der Waals surface area (Å²) in [5.74, 6) is 1.18. The van der Waals surface area contributed by atoms with E-state index >= 15 is 0 Å². The second kappa shape index (κ2) is 8.20. The lowest BCUT2D eigenvalue weighted by atomic mass is 10.2. The highest BCUT2D eigenvalue weighted by molar-refractivity contribution is 6.33. The summed E-state index contributed by atoms with van der Waals surface area (Å²) in [4.78, 5) is 16.1. The van der Waals surface area contributed by atoms with E-state index in [2.05, 4.69) is 22.5 Å². The lowest BCUT2D eigenvalue weighted by Gasteiger charge is -2.09. The van der Waals surface area contributed by atoms with Gasteiger partial charge in [-0.2, -0.15) is 0 Å². The van der Waals surface area contributed by atoms with Gasteiger partial charge in [0.1, 0.15) is 5.82 Å². The molecule has 116 valence electrons. The number of ether oxygens (including phenoxy) is 1. The Morgan fingerprint density at radius 1 is 1.48 bits per heavy atom. The highest BCUT2D eigenvalue weighted by Crippen LogP contribution is 2.28. The third-order valence-corrected chi connectivity index (χ3v) is 3.52. The van der Waals surface area contributed by atoms with E-state index in [1.54, 1.807) is 6.07 Å². The summed E-state index contributed by atoms with van der Waals surface area (Å²) in [6, 6.07) is 1.63. The van der Waals surface area contributed by atoms with Crippen LogP contribution in [0.15, 0.2) is 12.3 Å². The molecule has 6 heteroatoms. The molecule has 1 fully saturated rings. The van der Waals surface area contributed by atoms with Crippen LogP contribution in [-0.4, -0.2) is 37.2 Å². The topological polar surface area (TPSA) is 63.2 Å². The van der Waals surface area contributed by atoms with E-state index in [9.17, 15) is 4.79 Å². The van der Waals surface area contributed by atoms with Crippen molar-refractivity contribution in [3.63, 3.8) is 0 Å². The molecule has 2 rings (SSSR count). The maximum atomic E-state index is 11.9. The molecule has 0 aliphatic heterocycles. The van der Waals surface area contributed by atoms with Crippen LogP contribution in [0.25, 0.3) is 0 Å². The zero-order chi connectivity index (χ0) is 15.1. The first kappa shape index (κ1) is 16.0. The monoisotopic (exact) mass is 311 g/mol. The van der Waals surface area contributed by atoms with Gasteiger partial charge in [-0.05, 0) is 31.2 Å². The van der Waals surface area contributed by atoms with Gasteiger partial charge in [0.2, 0.25) is 0 Å². The summed E-state index contributed by atoms with van der Waals surface area (Å²) in [6.45, 7) is 4.71. The molecule has 1 aliphatic carbocycles. The fourth-order valence-corrected chi connectivity index (χ4v) is 2.04. The lowest BCUT2D eigenvalue weighted by molar-refractivity contribution is 0.0906. The zero-order valence-electron chi connectivity index (χ0n) is 12.3. The van der Waals surface area contributed by atoms with Gasteiger partial charge in [0.05, 0.1) is 17.2 Å². The number of nitrogens with zero attached hydrogens (tertiary/aromatic N) is 1. The van der Waals surface area contributed by atoms with Gasteiger partial charge in [0.15, 0.2) is 0 Å². The number of pyridine rings is 1. The Bertz CT molecular complexity index is 478. The molecule has 0 aromatic carbocycles. The molecule has 21 heavy (non-hydrogen) atoms. The van der Waals surface area contributed by atoms with Crippen LogP contribution in [0.1, 0.15) is 36.5 Å². The van der Waals surface area contributed by atoms with Crippen molar-refractivity contribution in [1.82, 2.24) is 10.3 Å². The third-order valence-electron chi connectivity index (χ3n) is 3.23. The minimum Gasteiger partial charge on any atom is -0.379 e. The largest absolute Gasteiger partial charge is 0.379 e. The highest BCUT2D eigenvalue weighted by Gasteiger charge is 2.20. The van der Waals surface area contributed by atoms with Crippen molar-refractivity contribution in [1.29, 1.82) is 0 Å². The molecule has 1 heterocycles. The van der Waals surface area contributed by atoms with Crippen molar-refractivity contribution in [2.24, 2.45) is 5.92 Å². The minimum atomic E-state index is -0.179. The molecular weight excluding hydrogens is 290 g/mol. The van der Waals surface area contributed by atoms with E-state index in [1.165, 1.54) is 19.0 Å². The Morgan fingerprint density at radius 2 is 2.29 bits per heavy atom. The van der Waals surface area contributed by atoms with E-state index < -0.39 is 0 Å². The molecule has 0 saturated heterocycles. The lowest BCUT2D eigenvalue weighted by Crippen LogP contribution is -2.27. The Hall–Kier alpha value is -1.33. The number of hydrogen-bond acceptors (Lipinski definition) is 4. The van der Waals surface area contributed by atoms with Gasteiger partial charge in [-0.1, -0.05) is 18.5 Å². The Morgan fingerprint density at radius 3 is 2.95 bits per heavy atom. The SMILES string of the molecule is CCCNc1ncc(C(=O)NCCOCC2CC2)cc1Cl. The maximum Gasteiger partial charge on any atom is 0.252 e. The molecule has 0 radical (unpaired) electrons. The van der Waals surface area contributed by atoms with Crippen molar-refractivity contribution in [2.45, 2.75) is 26.2 Å². The summed E-state index contributed by atoms with van der Waals surface area (Å²) >= 11 is 6.11. The van der Waals surface area contributed by atoms with Crippen LogP contribution in [0, 0.1) is 5.92 Å². The number of aromatic nitrogens is 1. The van der Waals surface area contributed by atoms with Gasteiger partial charge in [-0.15, -0.1) is 0 Å².